The number of hydrogen-bond donors (Lipinski definition) is 0. The van der Waals surface area contributed by atoms with Crippen LogP contribution in [-0.4, -0.2) is 26.2 Å². The van der Waals surface area contributed by atoms with E-state index in [9.17, 15) is 9.59 Å². The highest BCUT2D eigenvalue weighted by Crippen LogP contribution is 2.33. The third-order valence-electron chi connectivity index (χ3n) is 2.78. The third kappa shape index (κ3) is 3.53. The lowest BCUT2D eigenvalue weighted by Gasteiger charge is -2.31. The SMILES string of the molecule is COC(=O)C(C(=O)OC)C(C)C(C)(C)C. The Kier molecular flexibility index (Phi) is 4.78. The van der Waals surface area contributed by atoms with Crippen LogP contribution in [0.5, 0.6) is 0 Å². The molecule has 0 aromatic heterocycles. The Labute approximate surface area is 90.9 Å². The van der Waals surface area contributed by atoms with Gasteiger partial charge in [0.05, 0.1) is 14.2 Å². The lowest BCUT2D eigenvalue weighted by Crippen LogP contribution is -2.38. The maximum absolute atomic E-state index is 11.5. The van der Waals surface area contributed by atoms with E-state index in [2.05, 4.69) is 9.47 Å². The lowest BCUT2D eigenvalue weighted by atomic mass is 9.74. The van der Waals surface area contributed by atoms with Gasteiger partial charge in [-0.2, -0.15) is 0 Å². The summed E-state index contributed by atoms with van der Waals surface area (Å²) in [6, 6.07) is 0. The van der Waals surface area contributed by atoms with E-state index in [4.69, 9.17) is 0 Å². The monoisotopic (exact) mass is 216 g/mol. The molecule has 4 nitrogen and oxygen atoms in total. The molecule has 0 aliphatic carbocycles. The molecule has 0 saturated heterocycles. The molecule has 4 heteroatoms. The van der Waals surface area contributed by atoms with E-state index >= 15 is 0 Å². The van der Waals surface area contributed by atoms with E-state index in [0.29, 0.717) is 0 Å². The number of rotatable bonds is 3. The molecule has 0 radical (unpaired) electrons. The largest absolute Gasteiger partial charge is 0.468 e. The Hall–Kier alpha value is -1.06. The summed E-state index contributed by atoms with van der Waals surface area (Å²) in [4.78, 5) is 23.0. The lowest BCUT2D eigenvalue weighted by molar-refractivity contribution is -0.163. The summed E-state index contributed by atoms with van der Waals surface area (Å²) in [6.45, 7) is 7.75. The molecule has 0 aromatic rings. The van der Waals surface area contributed by atoms with Crippen LogP contribution in [0.25, 0.3) is 0 Å². The van der Waals surface area contributed by atoms with Crippen molar-refractivity contribution in [1.82, 2.24) is 0 Å². The normalized spacial score (nSPS) is 13.5. The molecule has 0 N–H and O–H groups in total. The van der Waals surface area contributed by atoms with Gasteiger partial charge in [-0.3, -0.25) is 9.59 Å². The van der Waals surface area contributed by atoms with Crippen molar-refractivity contribution < 1.29 is 19.1 Å². The minimum atomic E-state index is -0.847. The van der Waals surface area contributed by atoms with Crippen LogP contribution in [0.15, 0.2) is 0 Å². The molecule has 0 saturated carbocycles. The van der Waals surface area contributed by atoms with Gasteiger partial charge in [0.1, 0.15) is 0 Å². The van der Waals surface area contributed by atoms with E-state index in [1.807, 2.05) is 27.7 Å². The molecule has 88 valence electrons. The number of esters is 2. The first-order chi connectivity index (χ1) is 6.75. The number of ether oxygens (including phenoxy) is 2. The van der Waals surface area contributed by atoms with Gasteiger partial charge in [0.25, 0.3) is 0 Å². The highest BCUT2D eigenvalue weighted by Gasteiger charge is 2.39. The molecule has 0 aromatic carbocycles. The standard InChI is InChI=1S/C11H20O4/c1-7(11(2,3)4)8(9(12)14-5)10(13)15-6/h7-8H,1-6H3. The number of methoxy groups -OCH3 is 2. The molecule has 0 aliphatic rings. The van der Waals surface area contributed by atoms with Gasteiger partial charge >= 0.3 is 11.9 Å². The smallest absolute Gasteiger partial charge is 0.320 e. The minimum absolute atomic E-state index is 0.141. The highest BCUT2D eigenvalue weighted by molar-refractivity contribution is 5.95. The number of carbonyl (C=O) groups is 2. The molecular formula is C11H20O4. The van der Waals surface area contributed by atoms with Crippen molar-refractivity contribution in [3.05, 3.63) is 0 Å². The summed E-state index contributed by atoms with van der Waals surface area (Å²) < 4.78 is 9.22. The quantitative estimate of drug-likeness (QED) is 0.531. The zero-order valence-corrected chi connectivity index (χ0v) is 10.3. The van der Waals surface area contributed by atoms with Crippen LogP contribution in [0.3, 0.4) is 0 Å². The molecule has 0 spiro atoms. The zero-order valence-electron chi connectivity index (χ0n) is 10.3. The summed E-state index contributed by atoms with van der Waals surface area (Å²) in [5, 5.41) is 0. The summed E-state index contributed by atoms with van der Waals surface area (Å²) in [6.07, 6.45) is 0. The van der Waals surface area contributed by atoms with Crippen molar-refractivity contribution in [1.29, 1.82) is 0 Å². The van der Waals surface area contributed by atoms with Gasteiger partial charge in [0.2, 0.25) is 0 Å². The first kappa shape index (κ1) is 13.9. The predicted molar refractivity (Wildman–Crippen MR) is 56.1 cm³/mol. The van der Waals surface area contributed by atoms with Crippen molar-refractivity contribution >= 4 is 11.9 Å². The zero-order chi connectivity index (χ0) is 12.2. The van der Waals surface area contributed by atoms with Gasteiger partial charge in [0, 0.05) is 0 Å². The number of carbonyl (C=O) groups excluding carboxylic acids is 2. The van der Waals surface area contributed by atoms with E-state index in [0.717, 1.165) is 0 Å². The van der Waals surface area contributed by atoms with Crippen molar-refractivity contribution in [3.8, 4) is 0 Å². The van der Waals surface area contributed by atoms with Crippen LogP contribution in [0.2, 0.25) is 0 Å². The second-order valence-electron chi connectivity index (χ2n) is 4.68. The Bertz CT molecular complexity index is 223. The Morgan fingerprint density at radius 3 is 1.53 bits per heavy atom. The van der Waals surface area contributed by atoms with Crippen molar-refractivity contribution in [2.45, 2.75) is 27.7 Å². The van der Waals surface area contributed by atoms with E-state index in [1.54, 1.807) is 0 Å². The molecule has 0 rings (SSSR count). The van der Waals surface area contributed by atoms with Gasteiger partial charge in [-0.1, -0.05) is 27.7 Å². The molecule has 1 atom stereocenters. The molecular weight excluding hydrogens is 196 g/mol. The van der Waals surface area contributed by atoms with Gasteiger partial charge < -0.3 is 9.47 Å². The van der Waals surface area contributed by atoms with Gasteiger partial charge in [-0.25, -0.2) is 0 Å². The van der Waals surface area contributed by atoms with Crippen LogP contribution >= 0.6 is 0 Å². The maximum Gasteiger partial charge on any atom is 0.320 e. The van der Waals surface area contributed by atoms with Gasteiger partial charge in [-0.15, -0.1) is 0 Å². The fourth-order valence-corrected chi connectivity index (χ4v) is 1.26. The molecule has 15 heavy (non-hydrogen) atoms. The van der Waals surface area contributed by atoms with Gasteiger partial charge in [-0.05, 0) is 11.3 Å². The second kappa shape index (κ2) is 5.14. The van der Waals surface area contributed by atoms with Crippen molar-refractivity contribution in [3.63, 3.8) is 0 Å². The van der Waals surface area contributed by atoms with Crippen LogP contribution < -0.4 is 0 Å². The molecule has 0 heterocycles. The van der Waals surface area contributed by atoms with E-state index < -0.39 is 17.9 Å². The van der Waals surface area contributed by atoms with E-state index in [1.165, 1.54) is 14.2 Å². The second-order valence-corrected chi connectivity index (χ2v) is 4.68. The maximum atomic E-state index is 11.5. The molecule has 0 bridgehead atoms. The molecule has 0 aliphatic heterocycles. The summed E-state index contributed by atoms with van der Waals surface area (Å²) >= 11 is 0. The van der Waals surface area contributed by atoms with Gasteiger partial charge in [0.15, 0.2) is 5.92 Å². The van der Waals surface area contributed by atoms with Crippen LogP contribution in [-0.2, 0) is 19.1 Å². The topological polar surface area (TPSA) is 52.6 Å². The summed E-state index contributed by atoms with van der Waals surface area (Å²) in [5.41, 5.74) is -0.160. The first-order valence-corrected chi connectivity index (χ1v) is 4.91. The fraction of sp³-hybridized carbons (Fsp3) is 0.818. The average molecular weight is 216 g/mol. The van der Waals surface area contributed by atoms with Crippen molar-refractivity contribution in [2.24, 2.45) is 17.3 Å². The summed E-state index contributed by atoms with van der Waals surface area (Å²) in [7, 11) is 2.54. The average Bonchev–Trinajstić information content (AvgIpc) is 2.15. The summed E-state index contributed by atoms with van der Waals surface area (Å²) in [5.74, 6) is -2.06. The Balaban J connectivity index is 4.95. The van der Waals surface area contributed by atoms with Crippen LogP contribution in [0.4, 0.5) is 0 Å². The van der Waals surface area contributed by atoms with Crippen LogP contribution in [0.1, 0.15) is 27.7 Å². The van der Waals surface area contributed by atoms with E-state index in [-0.39, 0.29) is 11.3 Å². The fourth-order valence-electron chi connectivity index (χ4n) is 1.26. The molecule has 1 unspecified atom stereocenters. The minimum Gasteiger partial charge on any atom is -0.468 e. The highest BCUT2D eigenvalue weighted by atomic mass is 16.5. The van der Waals surface area contributed by atoms with Crippen LogP contribution in [0, 0.1) is 17.3 Å². The predicted octanol–water partition coefficient (Wildman–Crippen LogP) is 1.63. The molecule has 0 fully saturated rings. The Morgan fingerprint density at radius 2 is 1.33 bits per heavy atom. The number of hydrogen-bond acceptors (Lipinski definition) is 4. The molecule has 0 amide bonds. The third-order valence-corrected chi connectivity index (χ3v) is 2.78. The Morgan fingerprint density at radius 1 is 1.00 bits per heavy atom. The first-order valence-electron chi connectivity index (χ1n) is 4.91. The van der Waals surface area contributed by atoms with Crippen molar-refractivity contribution in [2.75, 3.05) is 14.2 Å².